The van der Waals surface area contributed by atoms with E-state index >= 15 is 0 Å². The second kappa shape index (κ2) is 5.41. The van der Waals surface area contributed by atoms with Crippen molar-refractivity contribution in [3.8, 4) is 0 Å². The Morgan fingerprint density at radius 2 is 1.68 bits per heavy atom. The number of thiophene rings is 1. The number of hydrogen-bond acceptors (Lipinski definition) is 3. The standard InChI is InChI=1S/C20H14ClFN2S/c21-15-5-1-13(2-6-15)20(14-3-7-16(22)8-4-14)18-17(9-12-25-18)24-11-10-23-19(20)24/h1-9,12H,10-11H2. The molecule has 124 valence electrons. The van der Waals surface area contributed by atoms with Gasteiger partial charge in [0.25, 0.3) is 0 Å². The lowest BCUT2D eigenvalue weighted by molar-refractivity contribution is 0.626. The molecule has 0 amide bonds. The van der Waals surface area contributed by atoms with Crippen LogP contribution < -0.4 is 4.90 Å². The Bertz CT molecular complexity index is 930. The number of nitrogens with zero attached hydrogens (tertiary/aromatic N) is 2. The Morgan fingerprint density at radius 1 is 1.00 bits per heavy atom. The fourth-order valence-corrected chi connectivity index (χ4v) is 5.25. The van der Waals surface area contributed by atoms with E-state index in [0.717, 1.165) is 30.1 Å². The number of hydrogen-bond donors (Lipinski definition) is 0. The number of aliphatic imine (C=N–C) groups is 1. The molecule has 5 heteroatoms. The maximum Gasteiger partial charge on any atom is 0.124 e. The van der Waals surface area contributed by atoms with Gasteiger partial charge in [-0.05, 0) is 46.8 Å². The summed E-state index contributed by atoms with van der Waals surface area (Å²) in [6.45, 7) is 1.66. The van der Waals surface area contributed by atoms with Crippen LogP contribution in [0.2, 0.25) is 5.02 Å². The number of benzene rings is 2. The molecule has 2 aromatic carbocycles. The van der Waals surface area contributed by atoms with Gasteiger partial charge in [0.05, 0.1) is 17.1 Å². The molecule has 3 heterocycles. The molecular formula is C20H14ClFN2S. The molecule has 2 nitrogen and oxygen atoms in total. The van der Waals surface area contributed by atoms with E-state index in [1.807, 2.05) is 24.3 Å². The first-order valence-electron chi connectivity index (χ1n) is 8.14. The minimum Gasteiger partial charge on any atom is -0.326 e. The van der Waals surface area contributed by atoms with Gasteiger partial charge in [-0.25, -0.2) is 4.39 Å². The molecule has 0 fully saturated rings. The number of rotatable bonds is 2. The molecule has 0 radical (unpaired) electrons. The highest BCUT2D eigenvalue weighted by atomic mass is 35.5. The third kappa shape index (κ3) is 1.98. The van der Waals surface area contributed by atoms with Crippen LogP contribution in [-0.4, -0.2) is 18.9 Å². The van der Waals surface area contributed by atoms with Crippen LogP contribution >= 0.6 is 22.9 Å². The molecule has 5 rings (SSSR count). The summed E-state index contributed by atoms with van der Waals surface area (Å²) in [5, 5.41) is 2.82. The first kappa shape index (κ1) is 15.1. The Balaban J connectivity index is 1.86. The zero-order valence-electron chi connectivity index (χ0n) is 13.2. The van der Waals surface area contributed by atoms with Crippen LogP contribution in [0.4, 0.5) is 10.1 Å². The lowest BCUT2D eigenvalue weighted by Crippen LogP contribution is -2.40. The van der Waals surface area contributed by atoms with E-state index in [4.69, 9.17) is 16.6 Å². The van der Waals surface area contributed by atoms with E-state index in [2.05, 4.69) is 28.5 Å². The maximum atomic E-state index is 13.6. The van der Waals surface area contributed by atoms with Crippen molar-refractivity contribution in [2.75, 3.05) is 18.0 Å². The minimum atomic E-state index is -0.502. The van der Waals surface area contributed by atoms with Crippen molar-refractivity contribution in [1.29, 1.82) is 0 Å². The summed E-state index contributed by atoms with van der Waals surface area (Å²) in [5.41, 5.74) is 2.84. The fraction of sp³-hybridized carbons (Fsp3) is 0.150. The highest BCUT2D eigenvalue weighted by Gasteiger charge is 2.53. The normalized spacial score (nSPS) is 21.2. The average Bonchev–Trinajstić information content (AvgIpc) is 3.31. The number of amidine groups is 1. The molecule has 0 saturated carbocycles. The Labute approximate surface area is 154 Å². The van der Waals surface area contributed by atoms with Crippen molar-refractivity contribution in [2.45, 2.75) is 5.41 Å². The molecule has 0 bridgehead atoms. The van der Waals surface area contributed by atoms with Crippen LogP contribution in [0.3, 0.4) is 0 Å². The van der Waals surface area contributed by atoms with Gasteiger partial charge < -0.3 is 4.90 Å². The van der Waals surface area contributed by atoms with Gasteiger partial charge in [0.15, 0.2) is 0 Å². The van der Waals surface area contributed by atoms with Gasteiger partial charge in [0.2, 0.25) is 0 Å². The quantitative estimate of drug-likeness (QED) is 0.614. The van der Waals surface area contributed by atoms with Gasteiger partial charge in [0.1, 0.15) is 17.1 Å². The van der Waals surface area contributed by atoms with Crippen molar-refractivity contribution in [1.82, 2.24) is 0 Å². The largest absolute Gasteiger partial charge is 0.326 e. The molecule has 25 heavy (non-hydrogen) atoms. The molecule has 0 spiro atoms. The smallest absolute Gasteiger partial charge is 0.124 e. The molecule has 1 unspecified atom stereocenters. The van der Waals surface area contributed by atoms with Crippen molar-refractivity contribution in [3.05, 3.63) is 86.8 Å². The molecule has 1 atom stereocenters. The molecular weight excluding hydrogens is 355 g/mol. The molecule has 1 aromatic heterocycles. The Kier molecular flexibility index (Phi) is 3.27. The van der Waals surface area contributed by atoms with Crippen LogP contribution in [0.1, 0.15) is 16.0 Å². The predicted octanol–water partition coefficient (Wildman–Crippen LogP) is 5.11. The summed E-state index contributed by atoms with van der Waals surface area (Å²) in [4.78, 5) is 8.39. The Hall–Kier alpha value is -2.17. The van der Waals surface area contributed by atoms with Crippen LogP contribution in [0.25, 0.3) is 0 Å². The number of halogens is 2. The molecule has 3 aromatic rings. The van der Waals surface area contributed by atoms with Gasteiger partial charge in [-0.1, -0.05) is 35.9 Å². The summed E-state index contributed by atoms with van der Waals surface area (Å²) in [5.74, 6) is 0.799. The number of anilines is 1. The lowest BCUT2D eigenvalue weighted by Gasteiger charge is -2.31. The van der Waals surface area contributed by atoms with Crippen molar-refractivity contribution >= 4 is 34.5 Å². The van der Waals surface area contributed by atoms with Gasteiger partial charge >= 0.3 is 0 Å². The van der Waals surface area contributed by atoms with Crippen LogP contribution in [0.5, 0.6) is 0 Å². The van der Waals surface area contributed by atoms with Crippen LogP contribution in [0, 0.1) is 5.82 Å². The average molecular weight is 369 g/mol. The fourth-order valence-electron chi connectivity index (χ4n) is 3.99. The first-order chi connectivity index (χ1) is 12.2. The van der Waals surface area contributed by atoms with E-state index in [0.29, 0.717) is 5.02 Å². The van der Waals surface area contributed by atoms with E-state index in [1.54, 1.807) is 11.3 Å². The third-order valence-electron chi connectivity index (χ3n) is 5.01. The Morgan fingerprint density at radius 3 is 2.40 bits per heavy atom. The van der Waals surface area contributed by atoms with Crippen LogP contribution in [-0.2, 0) is 5.41 Å². The second-order valence-corrected chi connectivity index (χ2v) is 7.61. The highest BCUT2D eigenvalue weighted by molar-refractivity contribution is 7.11. The second-order valence-electron chi connectivity index (χ2n) is 6.26. The van der Waals surface area contributed by atoms with Gasteiger partial charge in [-0.2, -0.15) is 0 Å². The van der Waals surface area contributed by atoms with Crippen molar-refractivity contribution in [2.24, 2.45) is 4.99 Å². The van der Waals surface area contributed by atoms with Gasteiger partial charge in [0, 0.05) is 11.6 Å². The third-order valence-corrected chi connectivity index (χ3v) is 6.28. The molecule has 0 N–H and O–H groups in total. The van der Waals surface area contributed by atoms with Gasteiger partial charge in [-0.15, -0.1) is 11.3 Å². The van der Waals surface area contributed by atoms with E-state index in [1.165, 1.54) is 22.7 Å². The van der Waals surface area contributed by atoms with Crippen molar-refractivity contribution < 1.29 is 4.39 Å². The summed E-state index contributed by atoms with van der Waals surface area (Å²) < 4.78 is 13.6. The first-order valence-corrected chi connectivity index (χ1v) is 9.39. The van der Waals surface area contributed by atoms with Crippen LogP contribution in [0.15, 0.2) is 65.0 Å². The zero-order valence-corrected chi connectivity index (χ0v) is 14.8. The number of fused-ring (bicyclic) bond motifs is 3. The minimum absolute atomic E-state index is 0.232. The van der Waals surface area contributed by atoms with E-state index in [9.17, 15) is 4.39 Å². The topological polar surface area (TPSA) is 15.6 Å². The molecule has 0 saturated heterocycles. The summed E-state index contributed by atoms with van der Waals surface area (Å²) >= 11 is 7.86. The van der Waals surface area contributed by atoms with Crippen molar-refractivity contribution in [3.63, 3.8) is 0 Å². The molecule has 2 aliphatic rings. The summed E-state index contributed by atoms with van der Waals surface area (Å²) in [6.07, 6.45) is 0. The molecule has 2 aliphatic heterocycles. The monoisotopic (exact) mass is 368 g/mol. The highest BCUT2D eigenvalue weighted by Crippen LogP contribution is 2.54. The summed E-state index contributed by atoms with van der Waals surface area (Å²) in [6, 6.07) is 16.9. The lowest BCUT2D eigenvalue weighted by atomic mass is 9.73. The van der Waals surface area contributed by atoms with Gasteiger partial charge in [-0.3, -0.25) is 4.99 Å². The molecule has 0 aliphatic carbocycles. The SMILES string of the molecule is Fc1ccc(C2(c3ccc(Cl)cc3)C3=NCCN3c3ccsc32)cc1. The zero-order chi connectivity index (χ0) is 17.0. The maximum absolute atomic E-state index is 13.6. The van der Waals surface area contributed by atoms with E-state index < -0.39 is 5.41 Å². The summed E-state index contributed by atoms with van der Waals surface area (Å²) in [7, 11) is 0. The van der Waals surface area contributed by atoms with E-state index in [-0.39, 0.29) is 5.82 Å². The predicted molar refractivity (Wildman–Crippen MR) is 102 cm³/mol.